The molecule has 0 radical (unpaired) electrons. The van der Waals surface area contributed by atoms with Crippen LogP contribution in [0.3, 0.4) is 0 Å². The minimum absolute atomic E-state index is 0.114. The van der Waals surface area contributed by atoms with Gasteiger partial charge in [0.15, 0.2) is 0 Å². The lowest BCUT2D eigenvalue weighted by atomic mass is 10.2. The van der Waals surface area contributed by atoms with Gasteiger partial charge >= 0.3 is 5.69 Å². The predicted molar refractivity (Wildman–Crippen MR) is 102 cm³/mol. The quantitative estimate of drug-likeness (QED) is 0.449. The predicted octanol–water partition coefficient (Wildman–Crippen LogP) is 1.77. The molecule has 1 fully saturated rings. The summed E-state index contributed by atoms with van der Waals surface area (Å²) in [4.78, 5) is 27.0. The van der Waals surface area contributed by atoms with E-state index in [0.29, 0.717) is 37.3 Å². The lowest BCUT2D eigenvalue weighted by Crippen LogP contribution is -2.46. The van der Waals surface area contributed by atoms with E-state index >= 15 is 0 Å². The van der Waals surface area contributed by atoms with Crippen molar-refractivity contribution in [3.05, 3.63) is 52.7 Å². The Morgan fingerprint density at radius 1 is 1.14 bits per heavy atom. The number of anilines is 1. The highest BCUT2D eigenvalue weighted by molar-refractivity contribution is 5.55. The van der Waals surface area contributed by atoms with Crippen molar-refractivity contribution in [1.29, 1.82) is 0 Å². The molecule has 1 aromatic carbocycles. The molecule has 0 unspecified atom stereocenters. The zero-order valence-electron chi connectivity index (χ0n) is 15.8. The summed E-state index contributed by atoms with van der Waals surface area (Å²) in [6.45, 7) is 3.49. The molecule has 0 aliphatic carbocycles. The standard InChI is InChI=1S/C18H19N7O4/c1-28-15-4-2-13(3-5-15)17-21-16(29-22-17)12-23-6-8-24(9-7-23)18-19-10-14(11-20-18)25(26)27/h2-5,10-11H,6-9,12H2,1H3. The van der Waals surface area contributed by atoms with Gasteiger partial charge < -0.3 is 14.2 Å². The molecule has 1 saturated heterocycles. The molecule has 3 heterocycles. The highest BCUT2D eigenvalue weighted by Crippen LogP contribution is 2.20. The maximum atomic E-state index is 10.7. The molecule has 150 valence electrons. The van der Waals surface area contributed by atoms with Crippen molar-refractivity contribution in [2.45, 2.75) is 6.54 Å². The van der Waals surface area contributed by atoms with Gasteiger partial charge in [-0.15, -0.1) is 0 Å². The number of hydrogen-bond donors (Lipinski definition) is 0. The molecule has 0 saturated carbocycles. The van der Waals surface area contributed by atoms with Crippen LogP contribution in [0.25, 0.3) is 11.4 Å². The van der Waals surface area contributed by atoms with Crippen LogP contribution in [0.15, 0.2) is 41.2 Å². The fourth-order valence-corrected chi connectivity index (χ4v) is 3.05. The molecule has 11 nitrogen and oxygen atoms in total. The van der Waals surface area contributed by atoms with Crippen LogP contribution in [0, 0.1) is 10.1 Å². The molecule has 0 N–H and O–H groups in total. The largest absolute Gasteiger partial charge is 0.497 e. The molecule has 0 bridgehead atoms. The first kappa shape index (κ1) is 18.7. The molecule has 1 aliphatic rings. The third kappa shape index (κ3) is 4.29. The molecule has 0 atom stereocenters. The third-order valence-electron chi connectivity index (χ3n) is 4.67. The zero-order chi connectivity index (χ0) is 20.2. The van der Waals surface area contributed by atoms with Gasteiger partial charge in [0.25, 0.3) is 0 Å². The molecule has 0 amide bonds. The van der Waals surface area contributed by atoms with Crippen LogP contribution < -0.4 is 9.64 Å². The summed E-state index contributed by atoms with van der Waals surface area (Å²) in [7, 11) is 1.62. The molecule has 0 spiro atoms. The number of methoxy groups -OCH3 is 1. The van der Waals surface area contributed by atoms with Crippen molar-refractivity contribution >= 4 is 11.6 Å². The number of nitrogens with zero attached hydrogens (tertiary/aromatic N) is 7. The van der Waals surface area contributed by atoms with E-state index in [1.807, 2.05) is 29.2 Å². The smallest absolute Gasteiger partial charge is 0.305 e. The van der Waals surface area contributed by atoms with Crippen LogP contribution in [-0.2, 0) is 6.54 Å². The average molecular weight is 397 g/mol. The normalized spacial score (nSPS) is 14.7. The Bertz CT molecular complexity index is 967. The summed E-state index contributed by atoms with van der Waals surface area (Å²) in [5.41, 5.74) is 0.748. The fraction of sp³-hybridized carbons (Fsp3) is 0.333. The molecular weight excluding hydrogens is 378 g/mol. The van der Waals surface area contributed by atoms with Crippen molar-refractivity contribution in [2.75, 3.05) is 38.2 Å². The van der Waals surface area contributed by atoms with Crippen LogP contribution >= 0.6 is 0 Å². The van der Waals surface area contributed by atoms with Gasteiger partial charge in [-0.05, 0) is 24.3 Å². The van der Waals surface area contributed by atoms with E-state index in [-0.39, 0.29) is 5.69 Å². The Balaban J connectivity index is 1.32. The average Bonchev–Trinajstić information content (AvgIpc) is 3.23. The first-order valence-electron chi connectivity index (χ1n) is 9.03. The second kappa shape index (κ2) is 8.19. The van der Waals surface area contributed by atoms with Gasteiger partial charge in [0, 0.05) is 31.7 Å². The maximum Gasteiger partial charge on any atom is 0.305 e. The van der Waals surface area contributed by atoms with Gasteiger partial charge in [-0.25, -0.2) is 9.97 Å². The lowest BCUT2D eigenvalue weighted by molar-refractivity contribution is -0.385. The van der Waals surface area contributed by atoms with Crippen molar-refractivity contribution in [3.8, 4) is 17.1 Å². The molecule has 29 heavy (non-hydrogen) atoms. The second-order valence-electron chi connectivity index (χ2n) is 6.50. The fourth-order valence-electron chi connectivity index (χ4n) is 3.05. The van der Waals surface area contributed by atoms with E-state index in [1.165, 1.54) is 12.4 Å². The number of rotatable bonds is 6. The Labute approximate surface area is 166 Å². The maximum absolute atomic E-state index is 10.7. The van der Waals surface area contributed by atoms with E-state index in [1.54, 1.807) is 7.11 Å². The van der Waals surface area contributed by atoms with Crippen LogP contribution in [-0.4, -0.2) is 63.2 Å². The first-order valence-corrected chi connectivity index (χ1v) is 9.03. The van der Waals surface area contributed by atoms with E-state index in [4.69, 9.17) is 9.26 Å². The van der Waals surface area contributed by atoms with Crippen molar-refractivity contribution in [2.24, 2.45) is 0 Å². The number of nitro groups is 1. The summed E-state index contributed by atoms with van der Waals surface area (Å²) in [5.74, 6) is 2.36. The van der Waals surface area contributed by atoms with E-state index in [9.17, 15) is 10.1 Å². The van der Waals surface area contributed by atoms with E-state index < -0.39 is 4.92 Å². The Kier molecular flexibility index (Phi) is 5.29. The van der Waals surface area contributed by atoms with Crippen molar-refractivity contribution in [3.63, 3.8) is 0 Å². The zero-order valence-corrected chi connectivity index (χ0v) is 15.8. The first-order chi connectivity index (χ1) is 14.1. The van der Waals surface area contributed by atoms with Gasteiger partial charge in [-0.2, -0.15) is 4.98 Å². The van der Waals surface area contributed by atoms with Gasteiger partial charge in [0.2, 0.25) is 17.7 Å². The lowest BCUT2D eigenvalue weighted by Gasteiger charge is -2.33. The van der Waals surface area contributed by atoms with Crippen molar-refractivity contribution in [1.82, 2.24) is 25.0 Å². The third-order valence-corrected chi connectivity index (χ3v) is 4.67. The minimum Gasteiger partial charge on any atom is -0.497 e. The minimum atomic E-state index is -0.508. The van der Waals surface area contributed by atoms with Gasteiger partial charge in [-0.3, -0.25) is 15.0 Å². The number of ether oxygens (including phenoxy) is 1. The van der Waals surface area contributed by atoms with Crippen LogP contribution in [0.1, 0.15) is 5.89 Å². The van der Waals surface area contributed by atoms with Crippen molar-refractivity contribution < 1.29 is 14.2 Å². The molecule has 2 aromatic heterocycles. The SMILES string of the molecule is COc1ccc(-c2noc(CN3CCN(c4ncc([N+](=O)[O-])cn4)CC3)n2)cc1. The van der Waals surface area contributed by atoms with Gasteiger partial charge in [0.1, 0.15) is 18.1 Å². The summed E-state index contributed by atoms with van der Waals surface area (Å²) in [6, 6.07) is 7.47. The second-order valence-corrected chi connectivity index (χ2v) is 6.50. The summed E-state index contributed by atoms with van der Waals surface area (Å²) in [5, 5.41) is 14.8. The number of benzene rings is 1. The van der Waals surface area contributed by atoms with Crippen LogP contribution in [0.4, 0.5) is 11.6 Å². The highest BCUT2D eigenvalue weighted by Gasteiger charge is 2.21. The van der Waals surface area contributed by atoms with Gasteiger partial charge in [0.05, 0.1) is 18.6 Å². The molecule has 3 aromatic rings. The number of aromatic nitrogens is 4. The summed E-state index contributed by atoms with van der Waals surface area (Å²) in [6.07, 6.45) is 2.46. The number of piperazine rings is 1. The van der Waals surface area contributed by atoms with Gasteiger partial charge in [-0.1, -0.05) is 5.16 Å². The topological polar surface area (TPSA) is 124 Å². The summed E-state index contributed by atoms with van der Waals surface area (Å²) < 4.78 is 10.5. The monoisotopic (exact) mass is 397 g/mol. The Hall–Kier alpha value is -3.60. The van der Waals surface area contributed by atoms with Crippen LogP contribution in [0.5, 0.6) is 5.75 Å². The molecule has 1 aliphatic heterocycles. The number of hydrogen-bond acceptors (Lipinski definition) is 10. The van der Waals surface area contributed by atoms with Crippen LogP contribution in [0.2, 0.25) is 0 Å². The Morgan fingerprint density at radius 2 is 1.83 bits per heavy atom. The highest BCUT2D eigenvalue weighted by atomic mass is 16.6. The molecule has 4 rings (SSSR count). The molecular formula is C18H19N7O4. The van der Waals surface area contributed by atoms with E-state index in [2.05, 4.69) is 25.0 Å². The Morgan fingerprint density at radius 3 is 2.45 bits per heavy atom. The molecule has 11 heteroatoms. The summed E-state index contributed by atoms with van der Waals surface area (Å²) >= 11 is 0. The van der Waals surface area contributed by atoms with E-state index in [0.717, 1.165) is 24.4 Å².